The molecule has 5 heteroatoms. The highest BCUT2D eigenvalue weighted by atomic mass is 16.6. The van der Waals surface area contributed by atoms with Crippen molar-refractivity contribution in [2.75, 3.05) is 6.61 Å². The maximum absolute atomic E-state index is 13.2. The number of epoxide rings is 1. The van der Waals surface area contributed by atoms with Crippen LogP contribution >= 0.6 is 0 Å². The molecule has 3 aliphatic rings. The lowest BCUT2D eigenvalue weighted by molar-refractivity contribution is -0.158. The van der Waals surface area contributed by atoms with Gasteiger partial charge in [0.15, 0.2) is 5.78 Å². The minimum Gasteiger partial charge on any atom is -0.465 e. The van der Waals surface area contributed by atoms with Crippen molar-refractivity contribution in [3.05, 3.63) is 0 Å². The minimum atomic E-state index is -0.503. The SMILES string of the molecule is CCCCCCCCCCCCC(=O)CCCCC(=O)OCC1C2(C)CCCC(C)(C)C2C(=O)C2OC21C. The molecule has 0 aromatic carbocycles. The molecule has 1 aliphatic heterocycles. The van der Waals surface area contributed by atoms with E-state index in [1.165, 1.54) is 51.4 Å². The van der Waals surface area contributed by atoms with Crippen LogP contribution in [0.15, 0.2) is 0 Å². The van der Waals surface area contributed by atoms with Gasteiger partial charge in [0.25, 0.3) is 0 Å². The van der Waals surface area contributed by atoms with Gasteiger partial charge in [-0.15, -0.1) is 0 Å². The summed E-state index contributed by atoms with van der Waals surface area (Å²) in [7, 11) is 0. The van der Waals surface area contributed by atoms with Gasteiger partial charge in [0.05, 0.1) is 6.61 Å². The molecular formula is C33H56O5. The Morgan fingerprint density at radius 2 is 1.37 bits per heavy atom. The van der Waals surface area contributed by atoms with Crippen molar-refractivity contribution in [2.45, 2.75) is 162 Å². The summed E-state index contributed by atoms with van der Waals surface area (Å²) in [5, 5.41) is 0. The molecule has 218 valence electrons. The van der Waals surface area contributed by atoms with Gasteiger partial charge in [-0.3, -0.25) is 14.4 Å². The van der Waals surface area contributed by atoms with Crippen LogP contribution in [0, 0.1) is 22.7 Å². The highest BCUT2D eigenvalue weighted by molar-refractivity contribution is 5.92. The smallest absolute Gasteiger partial charge is 0.305 e. The van der Waals surface area contributed by atoms with Gasteiger partial charge in [-0.1, -0.05) is 91.9 Å². The molecule has 3 fully saturated rings. The van der Waals surface area contributed by atoms with E-state index in [4.69, 9.17) is 9.47 Å². The van der Waals surface area contributed by atoms with Gasteiger partial charge in [-0.25, -0.2) is 0 Å². The van der Waals surface area contributed by atoms with Gasteiger partial charge in [0.2, 0.25) is 0 Å². The quantitative estimate of drug-likeness (QED) is 0.101. The average Bonchev–Trinajstić information content (AvgIpc) is 3.54. The second kappa shape index (κ2) is 13.9. The topological polar surface area (TPSA) is 73.0 Å². The van der Waals surface area contributed by atoms with Gasteiger partial charge in [0.1, 0.15) is 17.5 Å². The molecule has 5 atom stereocenters. The molecule has 0 radical (unpaired) electrons. The van der Waals surface area contributed by atoms with E-state index in [2.05, 4.69) is 27.7 Å². The highest BCUT2D eigenvalue weighted by Crippen LogP contribution is 2.66. The van der Waals surface area contributed by atoms with Crippen LogP contribution in [0.1, 0.15) is 150 Å². The van der Waals surface area contributed by atoms with E-state index < -0.39 is 5.60 Å². The predicted octanol–water partition coefficient (Wildman–Crippen LogP) is 8.16. The summed E-state index contributed by atoms with van der Waals surface area (Å²) in [6, 6.07) is 0. The third-order valence-electron chi connectivity index (χ3n) is 10.2. The number of ketones is 2. The average molecular weight is 533 g/mol. The fourth-order valence-corrected chi connectivity index (χ4v) is 7.95. The first-order chi connectivity index (χ1) is 18.1. The molecule has 0 bridgehead atoms. The van der Waals surface area contributed by atoms with Gasteiger partial charge < -0.3 is 9.47 Å². The van der Waals surface area contributed by atoms with Crippen LogP contribution in [0.2, 0.25) is 0 Å². The Labute approximate surface area is 232 Å². The number of Topliss-reactive ketones (excluding diaryl/α,β-unsaturated/α-hetero) is 2. The summed E-state index contributed by atoms with van der Waals surface area (Å²) < 4.78 is 11.8. The molecule has 5 unspecified atom stereocenters. The first kappa shape index (κ1) is 31.3. The van der Waals surface area contributed by atoms with E-state index in [0.717, 1.165) is 38.5 Å². The Balaban J connectivity index is 1.28. The van der Waals surface area contributed by atoms with Crippen LogP contribution in [0.25, 0.3) is 0 Å². The largest absolute Gasteiger partial charge is 0.465 e. The van der Waals surface area contributed by atoms with Crippen molar-refractivity contribution >= 4 is 17.5 Å². The van der Waals surface area contributed by atoms with Crippen LogP contribution in [0.3, 0.4) is 0 Å². The van der Waals surface area contributed by atoms with Crippen molar-refractivity contribution < 1.29 is 23.9 Å². The van der Waals surface area contributed by atoms with Crippen molar-refractivity contribution in [3.8, 4) is 0 Å². The van der Waals surface area contributed by atoms with Gasteiger partial charge in [0, 0.05) is 31.1 Å². The maximum Gasteiger partial charge on any atom is 0.305 e. The second-order valence-corrected chi connectivity index (χ2v) is 13.8. The van der Waals surface area contributed by atoms with E-state index in [1.54, 1.807) is 0 Å². The first-order valence-electron chi connectivity index (χ1n) is 15.9. The predicted molar refractivity (Wildman–Crippen MR) is 152 cm³/mol. The van der Waals surface area contributed by atoms with Crippen LogP contribution in [0.5, 0.6) is 0 Å². The summed E-state index contributed by atoms with van der Waals surface area (Å²) in [4.78, 5) is 38.0. The minimum absolute atomic E-state index is 0.0360. The molecule has 1 heterocycles. The van der Waals surface area contributed by atoms with Crippen molar-refractivity contribution in [2.24, 2.45) is 22.7 Å². The number of hydrogen-bond donors (Lipinski definition) is 0. The number of rotatable bonds is 18. The van der Waals surface area contributed by atoms with E-state index in [0.29, 0.717) is 38.1 Å². The lowest BCUT2D eigenvalue weighted by Gasteiger charge is -2.56. The van der Waals surface area contributed by atoms with Gasteiger partial charge in [-0.05, 0) is 49.9 Å². The fraction of sp³-hybridized carbons (Fsp3) is 0.909. The standard InChI is InChI=1S/C33H56O5/c1-6-7-8-9-10-11-12-13-14-15-19-25(34)20-16-17-21-27(35)37-24-26-32(4)23-18-22-31(2,3)29(32)28(36)30-33(26,5)38-30/h26,29-30H,6-24H2,1-5H3. The van der Waals surface area contributed by atoms with E-state index in [-0.39, 0.29) is 40.5 Å². The Bertz CT molecular complexity index is 803. The number of carbonyl (C=O) groups excluding carboxylic acids is 3. The molecule has 2 saturated carbocycles. The molecule has 0 aromatic rings. The fourth-order valence-electron chi connectivity index (χ4n) is 7.95. The van der Waals surface area contributed by atoms with E-state index in [9.17, 15) is 14.4 Å². The monoisotopic (exact) mass is 532 g/mol. The first-order valence-corrected chi connectivity index (χ1v) is 15.9. The Morgan fingerprint density at radius 3 is 2.00 bits per heavy atom. The van der Waals surface area contributed by atoms with Crippen LogP contribution < -0.4 is 0 Å². The summed E-state index contributed by atoms with van der Waals surface area (Å²) in [6.45, 7) is 11.2. The summed E-state index contributed by atoms with van der Waals surface area (Å²) in [6.07, 6.45) is 18.6. The van der Waals surface area contributed by atoms with Crippen LogP contribution in [0.4, 0.5) is 0 Å². The summed E-state index contributed by atoms with van der Waals surface area (Å²) in [5.74, 6) is 0.377. The Morgan fingerprint density at radius 1 is 0.816 bits per heavy atom. The Hall–Kier alpha value is -1.23. The second-order valence-electron chi connectivity index (χ2n) is 13.8. The lowest BCUT2D eigenvalue weighted by atomic mass is 9.46. The van der Waals surface area contributed by atoms with Crippen molar-refractivity contribution in [1.29, 1.82) is 0 Å². The molecule has 2 aliphatic carbocycles. The highest BCUT2D eigenvalue weighted by Gasteiger charge is 2.74. The van der Waals surface area contributed by atoms with Crippen molar-refractivity contribution in [1.82, 2.24) is 0 Å². The molecule has 0 amide bonds. The molecular weight excluding hydrogens is 476 g/mol. The zero-order valence-electron chi connectivity index (χ0n) is 25.2. The van der Waals surface area contributed by atoms with Gasteiger partial charge in [-0.2, -0.15) is 0 Å². The number of unbranched alkanes of at least 4 members (excludes halogenated alkanes) is 10. The van der Waals surface area contributed by atoms with Crippen LogP contribution in [-0.2, 0) is 23.9 Å². The lowest BCUT2D eigenvalue weighted by Crippen LogP contribution is -2.60. The zero-order valence-corrected chi connectivity index (χ0v) is 25.2. The number of fused-ring (bicyclic) bond motifs is 2. The van der Waals surface area contributed by atoms with Crippen molar-refractivity contribution in [3.63, 3.8) is 0 Å². The molecule has 0 aromatic heterocycles. The molecule has 1 saturated heterocycles. The molecule has 0 N–H and O–H groups in total. The number of carbonyl (C=O) groups is 3. The third kappa shape index (κ3) is 7.70. The zero-order chi connectivity index (χ0) is 27.8. The van der Waals surface area contributed by atoms with Crippen LogP contribution in [-0.4, -0.2) is 35.8 Å². The summed E-state index contributed by atoms with van der Waals surface area (Å²) in [5.41, 5.74) is -0.765. The number of hydrogen-bond acceptors (Lipinski definition) is 5. The number of ether oxygens (including phenoxy) is 2. The molecule has 38 heavy (non-hydrogen) atoms. The van der Waals surface area contributed by atoms with E-state index in [1.807, 2.05) is 6.92 Å². The molecule has 3 rings (SSSR count). The normalized spacial score (nSPS) is 31.4. The maximum atomic E-state index is 13.2. The third-order valence-corrected chi connectivity index (χ3v) is 10.2. The number of esters is 1. The molecule has 0 spiro atoms. The molecule has 5 nitrogen and oxygen atoms in total. The van der Waals surface area contributed by atoms with Gasteiger partial charge >= 0.3 is 5.97 Å². The summed E-state index contributed by atoms with van der Waals surface area (Å²) >= 11 is 0. The Kier molecular flexibility index (Phi) is 11.5. The van der Waals surface area contributed by atoms with E-state index >= 15 is 0 Å².